The summed E-state index contributed by atoms with van der Waals surface area (Å²) in [6.07, 6.45) is 7.98. The summed E-state index contributed by atoms with van der Waals surface area (Å²) in [5, 5.41) is 20.8. The fourth-order valence-corrected chi connectivity index (χ4v) is 3.62. The number of β-amino-alcohol motifs (C(OH)–C–C–N with tert-alkyl or cyclic N) is 1. The van der Waals surface area contributed by atoms with Crippen molar-refractivity contribution >= 4 is 11.9 Å². The molecule has 0 bridgehead atoms. The molecule has 2 aromatic heterocycles. The van der Waals surface area contributed by atoms with E-state index in [0.29, 0.717) is 31.2 Å². The summed E-state index contributed by atoms with van der Waals surface area (Å²) in [4.78, 5) is 22.8. The Morgan fingerprint density at radius 2 is 2.12 bits per heavy atom. The van der Waals surface area contributed by atoms with Gasteiger partial charge < -0.3 is 15.3 Å². The fourth-order valence-electron chi connectivity index (χ4n) is 3.62. The summed E-state index contributed by atoms with van der Waals surface area (Å²) >= 11 is 0. The molecule has 3 heterocycles. The Morgan fingerprint density at radius 3 is 2.96 bits per heavy atom. The number of hydrogen-bond donors (Lipinski definition) is 3. The molecular weight excluding hydrogens is 320 g/mol. The molecule has 0 aromatic carbocycles. The fraction of sp³-hybridized carbons (Fsp3) is 0.529. The molecule has 2 aromatic rings. The van der Waals surface area contributed by atoms with Crippen LogP contribution >= 0.6 is 0 Å². The van der Waals surface area contributed by atoms with Crippen molar-refractivity contribution in [3.63, 3.8) is 0 Å². The van der Waals surface area contributed by atoms with Crippen LogP contribution in [0.1, 0.15) is 41.0 Å². The zero-order valence-electron chi connectivity index (χ0n) is 14.0. The van der Waals surface area contributed by atoms with E-state index in [1.807, 2.05) is 4.90 Å². The number of nitrogens with one attached hydrogen (secondary N) is 2. The normalized spacial score (nSPS) is 22.7. The van der Waals surface area contributed by atoms with Crippen LogP contribution in [-0.2, 0) is 12.8 Å². The Bertz CT molecular complexity index is 762. The van der Waals surface area contributed by atoms with Gasteiger partial charge in [0.25, 0.3) is 5.91 Å². The highest BCUT2D eigenvalue weighted by molar-refractivity contribution is 5.94. The number of fused-ring (bicyclic) bond motifs is 1. The summed E-state index contributed by atoms with van der Waals surface area (Å²) in [6.45, 7) is 1.25. The van der Waals surface area contributed by atoms with Crippen molar-refractivity contribution in [2.24, 2.45) is 0 Å². The molecule has 0 radical (unpaired) electrons. The maximum absolute atomic E-state index is 12.5. The molecule has 8 heteroatoms. The van der Waals surface area contributed by atoms with Gasteiger partial charge in [-0.2, -0.15) is 5.10 Å². The number of H-pyrrole nitrogens is 1. The molecule has 0 spiro atoms. The van der Waals surface area contributed by atoms with Crippen LogP contribution in [0.2, 0.25) is 0 Å². The topological polar surface area (TPSA) is 107 Å². The number of carbonyl (C=O) groups excluding carboxylic acids is 1. The van der Waals surface area contributed by atoms with Gasteiger partial charge in [0.15, 0.2) is 5.69 Å². The number of carbonyl (C=O) groups is 1. The first-order valence-corrected chi connectivity index (χ1v) is 8.73. The third-order valence-electron chi connectivity index (χ3n) is 5.02. The van der Waals surface area contributed by atoms with E-state index in [0.717, 1.165) is 36.9 Å². The van der Waals surface area contributed by atoms with Crippen LogP contribution in [0.15, 0.2) is 18.5 Å². The second-order valence-corrected chi connectivity index (χ2v) is 6.86. The summed E-state index contributed by atoms with van der Waals surface area (Å²) in [6, 6.07) is 1.76. The largest absolute Gasteiger partial charge is 0.386 e. The lowest BCUT2D eigenvalue weighted by Gasteiger charge is -2.23. The number of aromatic nitrogens is 4. The third kappa shape index (κ3) is 3.21. The highest BCUT2D eigenvalue weighted by atomic mass is 16.3. The average molecular weight is 342 g/mol. The summed E-state index contributed by atoms with van der Waals surface area (Å²) in [5.74, 6) is 0.383. The molecular formula is C17H22N6O2. The standard InChI is InChI=1S/C17H22N6O2/c24-15(14-12-4-1-2-5-13(12)21-22-14)20-10-17(25)6-9-23(11-17)16-18-7-3-8-19-16/h3,7-8,25H,1-2,4-6,9-11H2,(H,20,24)(H,21,22)/t17-/m1/s1. The molecule has 132 valence electrons. The highest BCUT2D eigenvalue weighted by Crippen LogP contribution is 2.25. The van der Waals surface area contributed by atoms with E-state index in [4.69, 9.17) is 0 Å². The minimum Gasteiger partial charge on any atom is -0.386 e. The molecule has 1 aliphatic heterocycles. The number of aromatic amines is 1. The smallest absolute Gasteiger partial charge is 0.272 e. The van der Waals surface area contributed by atoms with E-state index in [1.165, 1.54) is 0 Å². The van der Waals surface area contributed by atoms with Gasteiger partial charge in [0.2, 0.25) is 5.95 Å². The average Bonchev–Trinajstić information content (AvgIpc) is 3.25. The Labute approximate surface area is 145 Å². The maximum Gasteiger partial charge on any atom is 0.272 e. The first kappa shape index (κ1) is 16.0. The minimum absolute atomic E-state index is 0.191. The second kappa shape index (κ2) is 6.44. The van der Waals surface area contributed by atoms with Crippen molar-refractivity contribution < 1.29 is 9.90 Å². The monoisotopic (exact) mass is 342 g/mol. The molecule has 1 atom stereocenters. The molecule has 1 amide bonds. The minimum atomic E-state index is -0.981. The SMILES string of the molecule is O=C(NC[C@]1(O)CCN(c2ncccn2)C1)c1n[nH]c2c1CCCC2. The number of hydrogen-bond acceptors (Lipinski definition) is 6. The molecule has 4 rings (SSSR count). The second-order valence-electron chi connectivity index (χ2n) is 6.86. The zero-order valence-corrected chi connectivity index (χ0v) is 14.0. The maximum atomic E-state index is 12.5. The third-order valence-corrected chi connectivity index (χ3v) is 5.02. The highest BCUT2D eigenvalue weighted by Gasteiger charge is 2.37. The van der Waals surface area contributed by atoms with Crippen molar-refractivity contribution in [3.05, 3.63) is 35.4 Å². The number of aliphatic hydroxyl groups is 1. The molecule has 25 heavy (non-hydrogen) atoms. The van der Waals surface area contributed by atoms with Crippen LogP contribution in [0, 0.1) is 0 Å². The van der Waals surface area contributed by atoms with Crippen LogP contribution in [0.3, 0.4) is 0 Å². The van der Waals surface area contributed by atoms with Gasteiger partial charge in [-0.1, -0.05) is 0 Å². The lowest BCUT2D eigenvalue weighted by molar-refractivity contribution is 0.0573. The lowest BCUT2D eigenvalue weighted by atomic mass is 9.95. The Hall–Kier alpha value is -2.48. The van der Waals surface area contributed by atoms with Crippen molar-refractivity contribution in [1.29, 1.82) is 0 Å². The molecule has 1 aliphatic carbocycles. The number of aryl methyl sites for hydroxylation is 1. The van der Waals surface area contributed by atoms with Crippen LogP contribution in [0.25, 0.3) is 0 Å². The summed E-state index contributed by atoms with van der Waals surface area (Å²) in [7, 11) is 0. The molecule has 0 saturated carbocycles. The van der Waals surface area contributed by atoms with E-state index >= 15 is 0 Å². The van der Waals surface area contributed by atoms with Gasteiger partial charge in [-0.05, 0) is 38.2 Å². The molecule has 8 nitrogen and oxygen atoms in total. The van der Waals surface area contributed by atoms with Gasteiger partial charge >= 0.3 is 0 Å². The van der Waals surface area contributed by atoms with Crippen LogP contribution < -0.4 is 10.2 Å². The Kier molecular flexibility index (Phi) is 4.12. The quantitative estimate of drug-likeness (QED) is 0.745. The first-order valence-electron chi connectivity index (χ1n) is 8.73. The van der Waals surface area contributed by atoms with E-state index in [1.54, 1.807) is 18.5 Å². The molecule has 1 saturated heterocycles. The van der Waals surface area contributed by atoms with Crippen LogP contribution in [-0.4, -0.2) is 56.4 Å². The van der Waals surface area contributed by atoms with Gasteiger partial charge in [-0.25, -0.2) is 9.97 Å². The van der Waals surface area contributed by atoms with E-state index in [9.17, 15) is 9.90 Å². The Balaban J connectivity index is 1.38. The van der Waals surface area contributed by atoms with E-state index in [2.05, 4.69) is 25.5 Å². The first-order chi connectivity index (χ1) is 12.1. The molecule has 3 N–H and O–H groups in total. The molecule has 1 fully saturated rings. The van der Waals surface area contributed by atoms with Gasteiger partial charge in [-0.3, -0.25) is 9.89 Å². The lowest BCUT2D eigenvalue weighted by Crippen LogP contribution is -2.45. The molecule has 2 aliphatic rings. The van der Waals surface area contributed by atoms with Crippen molar-refractivity contribution in [3.8, 4) is 0 Å². The summed E-state index contributed by atoms with van der Waals surface area (Å²) < 4.78 is 0. The van der Waals surface area contributed by atoms with E-state index < -0.39 is 5.60 Å². The van der Waals surface area contributed by atoms with Crippen molar-refractivity contribution in [2.75, 3.05) is 24.5 Å². The molecule has 0 unspecified atom stereocenters. The summed E-state index contributed by atoms with van der Waals surface area (Å²) in [5.41, 5.74) is 1.59. The Morgan fingerprint density at radius 1 is 1.32 bits per heavy atom. The van der Waals surface area contributed by atoms with Crippen molar-refractivity contribution in [2.45, 2.75) is 37.7 Å². The number of nitrogens with zero attached hydrogens (tertiary/aromatic N) is 4. The van der Waals surface area contributed by atoms with Gasteiger partial charge in [0.1, 0.15) is 5.60 Å². The van der Waals surface area contributed by atoms with Crippen LogP contribution in [0.5, 0.6) is 0 Å². The van der Waals surface area contributed by atoms with Gasteiger partial charge in [0.05, 0.1) is 6.54 Å². The van der Waals surface area contributed by atoms with E-state index in [-0.39, 0.29) is 12.5 Å². The zero-order chi connectivity index (χ0) is 17.3. The van der Waals surface area contributed by atoms with Gasteiger partial charge in [-0.15, -0.1) is 0 Å². The van der Waals surface area contributed by atoms with Crippen molar-refractivity contribution in [1.82, 2.24) is 25.5 Å². The van der Waals surface area contributed by atoms with Gasteiger partial charge in [0, 0.05) is 36.7 Å². The number of rotatable bonds is 4. The van der Waals surface area contributed by atoms with Crippen LogP contribution in [0.4, 0.5) is 5.95 Å². The predicted molar refractivity (Wildman–Crippen MR) is 91.4 cm³/mol. The number of anilines is 1. The number of amides is 1. The predicted octanol–water partition coefficient (Wildman–Crippen LogP) is 0.450.